The number of rotatable bonds is 12. The summed E-state index contributed by atoms with van der Waals surface area (Å²) in [6.45, 7) is 0.571. The Kier molecular flexibility index (Phi) is 8.45. The molecule has 4 unspecified atom stereocenters. The number of aryl methyl sites for hydroxylation is 2. The van der Waals surface area contributed by atoms with Crippen LogP contribution in [0.25, 0.3) is 0 Å². The van der Waals surface area contributed by atoms with Gasteiger partial charge in [0, 0.05) is 23.9 Å². The molecule has 4 atom stereocenters. The van der Waals surface area contributed by atoms with Gasteiger partial charge in [-0.3, -0.25) is 9.59 Å². The van der Waals surface area contributed by atoms with E-state index >= 15 is 0 Å². The predicted molar refractivity (Wildman–Crippen MR) is 143 cm³/mol. The van der Waals surface area contributed by atoms with Gasteiger partial charge in [0.15, 0.2) is 5.69 Å². The summed E-state index contributed by atoms with van der Waals surface area (Å²) in [6, 6.07) is 15.9. The molecule has 2 aliphatic rings. The number of carbonyl (C=O) groups excluding carboxylic acids is 1. The molecular formula is C30H33ClN2O5. The number of halogens is 1. The monoisotopic (exact) mass is 536 g/mol. The molecule has 0 spiro atoms. The number of carboxylic acid groups (broad SMARTS) is 1. The van der Waals surface area contributed by atoms with E-state index in [2.05, 4.69) is 16.4 Å². The smallest absolute Gasteiger partial charge is 0.303 e. The van der Waals surface area contributed by atoms with Crippen molar-refractivity contribution in [3.8, 4) is 0 Å². The van der Waals surface area contributed by atoms with E-state index in [9.17, 15) is 9.59 Å². The third-order valence-corrected chi connectivity index (χ3v) is 7.99. The number of benzene rings is 2. The number of nitrogens with one attached hydrogen (secondary N) is 1. The second kappa shape index (κ2) is 12.1. The van der Waals surface area contributed by atoms with E-state index in [4.69, 9.17) is 25.9 Å². The second-order valence-electron chi connectivity index (χ2n) is 10.3. The molecule has 2 aliphatic heterocycles. The third-order valence-electron chi connectivity index (χ3n) is 7.74. The Labute approximate surface area is 227 Å². The van der Waals surface area contributed by atoms with E-state index in [1.54, 1.807) is 0 Å². The number of carboxylic acids is 1. The lowest BCUT2D eigenvalue weighted by Gasteiger charge is -2.26. The number of fused-ring (bicyclic) bond motifs is 2. The van der Waals surface area contributed by atoms with Crippen LogP contribution in [-0.2, 0) is 28.8 Å². The van der Waals surface area contributed by atoms with Crippen molar-refractivity contribution in [1.29, 1.82) is 0 Å². The molecule has 3 heterocycles. The predicted octanol–water partition coefficient (Wildman–Crippen LogP) is 5.60. The minimum Gasteiger partial charge on any atom is -0.481 e. The van der Waals surface area contributed by atoms with Crippen LogP contribution in [0.15, 0.2) is 59.2 Å². The Morgan fingerprint density at radius 3 is 2.55 bits per heavy atom. The molecule has 7 nitrogen and oxygen atoms in total. The molecule has 2 aromatic carbocycles. The molecule has 2 fully saturated rings. The van der Waals surface area contributed by atoms with Crippen molar-refractivity contribution in [2.24, 2.45) is 5.92 Å². The van der Waals surface area contributed by atoms with Gasteiger partial charge in [-0.2, -0.15) is 0 Å². The SMILES string of the molecule is O=C(O)CCc1ccccc1CC1C2CCC(O2)C1c1nc(C(=O)NCCCCc2ccc(Cl)cc2)co1. The Balaban J connectivity index is 1.18. The summed E-state index contributed by atoms with van der Waals surface area (Å²) in [6.07, 6.45) is 7.66. The van der Waals surface area contributed by atoms with Gasteiger partial charge in [-0.1, -0.05) is 48.0 Å². The number of nitrogens with zero attached hydrogens (tertiary/aromatic N) is 1. The first-order chi connectivity index (χ1) is 18.5. The molecule has 200 valence electrons. The lowest BCUT2D eigenvalue weighted by Crippen LogP contribution is -2.28. The molecule has 2 saturated heterocycles. The minimum atomic E-state index is -0.798. The summed E-state index contributed by atoms with van der Waals surface area (Å²) in [5.41, 5.74) is 3.72. The molecule has 3 aromatic rings. The fraction of sp³-hybridized carbons (Fsp3) is 0.433. The zero-order valence-electron chi connectivity index (χ0n) is 21.3. The molecule has 1 aromatic heterocycles. The fourth-order valence-corrected chi connectivity index (χ4v) is 5.94. The zero-order valence-corrected chi connectivity index (χ0v) is 22.0. The van der Waals surface area contributed by atoms with Gasteiger partial charge >= 0.3 is 5.97 Å². The van der Waals surface area contributed by atoms with Crippen molar-refractivity contribution < 1.29 is 23.8 Å². The van der Waals surface area contributed by atoms with Crippen LogP contribution in [0.3, 0.4) is 0 Å². The molecule has 0 aliphatic carbocycles. The fourth-order valence-electron chi connectivity index (χ4n) is 5.81. The van der Waals surface area contributed by atoms with Crippen LogP contribution in [0.1, 0.15) is 71.1 Å². The number of aliphatic carboxylic acids is 1. The number of hydrogen-bond donors (Lipinski definition) is 2. The van der Waals surface area contributed by atoms with E-state index in [1.165, 1.54) is 11.8 Å². The van der Waals surface area contributed by atoms with Crippen molar-refractivity contribution in [2.75, 3.05) is 6.54 Å². The second-order valence-corrected chi connectivity index (χ2v) is 10.7. The first-order valence-corrected chi connectivity index (χ1v) is 13.8. The van der Waals surface area contributed by atoms with E-state index in [1.807, 2.05) is 42.5 Å². The van der Waals surface area contributed by atoms with Crippen LogP contribution >= 0.6 is 11.6 Å². The summed E-state index contributed by atoms with van der Waals surface area (Å²) in [5, 5.41) is 12.8. The number of unbranched alkanes of at least 4 members (excludes halogenated alkanes) is 1. The quantitative estimate of drug-likeness (QED) is 0.292. The van der Waals surface area contributed by atoms with Gasteiger partial charge in [0.2, 0.25) is 5.89 Å². The Hall–Kier alpha value is -3.16. The normalized spacial score (nSPS) is 22.0. The number of hydrogen-bond acceptors (Lipinski definition) is 5. The van der Waals surface area contributed by atoms with Crippen molar-refractivity contribution in [3.63, 3.8) is 0 Å². The van der Waals surface area contributed by atoms with Crippen molar-refractivity contribution >= 4 is 23.5 Å². The van der Waals surface area contributed by atoms with Crippen LogP contribution < -0.4 is 5.32 Å². The van der Waals surface area contributed by atoms with Gasteiger partial charge in [-0.25, -0.2) is 4.98 Å². The third kappa shape index (κ3) is 6.27. The largest absolute Gasteiger partial charge is 0.481 e. The summed E-state index contributed by atoms with van der Waals surface area (Å²) in [4.78, 5) is 28.4. The van der Waals surface area contributed by atoms with Gasteiger partial charge < -0.3 is 19.6 Å². The van der Waals surface area contributed by atoms with Gasteiger partial charge in [0.05, 0.1) is 18.1 Å². The Morgan fingerprint density at radius 2 is 1.76 bits per heavy atom. The van der Waals surface area contributed by atoms with E-state index in [0.717, 1.165) is 54.7 Å². The van der Waals surface area contributed by atoms with Gasteiger partial charge in [-0.05, 0) is 73.8 Å². The molecule has 0 radical (unpaired) electrons. The first kappa shape index (κ1) is 26.4. The molecule has 1 amide bonds. The number of ether oxygens (including phenoxy) is 1. The van der Waals surface area contributed by atoms with Crippen LogP contribution in [0.5, 0.6) is 0 Å². The highest BCUT2D eigenvalue weighted by molar-refractivity contribution is 6.30. The number of aromatic nitrogens is 1. The van der Waals surface area contributed by atoms with Gasteiger partial charge in [0.1, 0.15) is 6.26 Å². The highest BCUT2D eigenvalue weighted by Gasteiger charge is 2.51. The van der Waals surface area contributed by atoms with Gasteiger partial charge in [-0.15, -0.1) is 0 Å². The maximum Gasteiger partial charge on any atom is 0.303 e. The molecule has 0 saturated carbocycles. The summed E-state index contributed by atoms with van der Waals surface area (Å²) in [5.74, 6) is -0.332. The Morgan fingerprint density at radius 1 is 1.00 bits per heavy atom. The van der Waals surface area contributed by atoms with Gasteiger partial charge in [0.25, 0.3) is 5.91 Å². The van der Waals surface area contributed by atoms with Crippen LogP contribution in [0.4, 0.5) is 0 Å². The van der Waals surface area contributed by atoms with Crippen molar-refractivity contribution in [2.45, 2.75) is 69.5 Å². The maximum absolute atomic E-state index is 12.7. The summed E-state index contributed by atoms with van der Waals surface area (Å²) >= 11 is 5.94. The van der Waals surface area contributed by atoms with Crippen molar-refractivity contribution in [3.05, 3.63) is 88.1 Å². The molecule has 8 heteroatoms. The molecule has 2 bridgehead atoms. The number of oxazole rings is 1. The van der Waals surface area contributed by atoms with Crippen LogP contribution in [0.2, 0.25) is 5.02 Å². The highest BCUT2D eigenvalue weighted by atomic mass is 35.5. The minimum absolute atomic E-state index is 0.0257. The standard InChI is InChI=1S/C30H33ClN2O5/c31-22-11-8-19(9-12-22)5-3-4-16-32-29(36)24-18-37-30(33-24)28-23(25-13-14-26(28)38-25)17-21-7-2-1-6-20(21)10-15-27(34)35/h1-2,6-9,11-12,18,23,25-26,28H,3-5,10,13-17H2,(H,32,36)(H,34,35). The average molecular weight is 537 g/mol. The maximum atomic E-state index is 12.7. The molecular weight excluding hydrogens is 504 g/mol. The van der Waals surface area contributed by atoms with E-state index in [0.29, 0.717) is 24.6 Å². The molecule has 5 rings (SSSR count). The zero-order chi connectivity index (χ0) is 26.5. The first-order valence-electron chi connectivity index (χ1n) is 13.4. The van der Waals surface area contributed by atoms with Crippen LogP contribution in [0, 0.1) is 5.92 Å². The Bertz CT molecular complexity index is 1260. The molecule has 2 N–H and O–H groups in total. The lowest BCUT2D eigenvalue weighted by atomic mass is 9.75. The van der Waals surface area contributed by atoms with Crippen molar-refractivity contribution in [1.82, 2.24) is 10.3 Å². The molecule has 38 heavy (non-hydrogen) atoms. The number of amides is 1. The highest BCUT2D eigenvalue weighted by Crippen LogP contribution is 2.50. The summed E-state index contributed by atoms with van der Waals surface area (Å²) < 4.78 is 12.1. The van der Waals surface area contributed by atoms with E-state index < -0.39 is 5.97 Å². The average Bonchev–Trinajstić information content (AvgIpc) is 3.66. The topological polar surface area (TPSA) is 102 Å². The lowest BCUT2D eigenvalue weighted by molar-refractivity contribution is -0.136. The van der Waals surface area contributed by atoms with Crippen LogP contribution in [-0.4, -0.2) is 40.7 Å². The summed E-state index contributed by atoms with van der Waals surface area (Å²) in [7, 11) is 0. The van der Waals surface area contributed by atoms with E-state index in [-0.39, 0.29) is 36.4 Å². The number of carbonyl (C=O) groups is 2.